The summed E-state index contributed by atoms with van der Waals surface area (Å²) in [5.74, 6) is -1.53. The summed E-state index contributed by atoms with van der Waals surface area (Å²) in [5, 5.41) is 19.0. The lowest BCUT2D eigenvalue weighted by Gasteiger charge is -2.26. The Balaban J connectivity index is 2.42. The first-order chi connectivity index (χ1) is 8.07. The minimum absolute atomic E-state index is 0.256. The molecule has 0 aliphatic carbocycles. The van der Waals surface area contributed by atoms with Crippen LogP contribution in [0.2, 0.25) is 0 Å². The highest BCUT2D eigenvalue weighted by Gasteiger charge is 2.41. The van der Waals surface area contributed by atoms with Gasteiger partial charge in [0, 0.05) is 11.1 Å². The van der Waals surface area contributed by atoms with Gasteiger partial charge < -0.3 is 10.2 Å². The van der Waals surface area contributed by atoms with Crippen molar-refractivity contribution < 1.29 is 19.8 Å². The van der Waals surface area contributed by atoms with Crippen molar-refractivity contribution in [2.24, 2.45) is 0 Å². The molecule has 17 heavy (non-hydrogen) atoms. The van der Waals surface area contributed by atoms with E-state index >= 15 is 0 Å². The van der Waals surface area contributed by atoms with Gasteiger partial charge in [-0.05, 0) is 12.5 Å². The number of carbonyl (C=O) groups is 2. The van der Waals surface area contributed by atoms with Gasteiger partial charge in [-0.3, -0.25) is 9.69 Å². The molecule has 1 aliphatic rings. The van der Waals surface area contributed by atoms with Gasteiger partial charge in [-0.15, -0.1) is 0 Å². The molecular formula is C12H13NO4. The third-order valence-corrected chi connectivity index (χ3v) is 2.97. The number of hydrogen-bond donors (Lipinski definition) is 2. The molecule has 1 heterocycles. The number of carboxylic acids is 1. The van der Waals surface area contributed by atoms with Gasteiger partial charge in [-0.1, -0.05) is 25.1 Å². The molecule has 5 heteroatoms. The Bertz CT molecular complexity index is 471. The summed E-state index contributed by atoms with van der Waals surface area (Å²) in [6.45, 7) is 1.67. The third-order valence-electron chi connectivity index (χ3n) is 2.97. The average Bonchev–Trinajstić information content (AvgIpc) is 2.56. The van der Waals surface area contributed by atoms with Crippen LogP contribution in [0.3, 0.4) is 0 Å². The zero-order valence-electron chi connectivity index (χ0n) is 9.33. The van der Waals surface area contributed by atoms with Crippen molar-refractivity contribution in [1.82, 2.24) is 4.90 Å². The molecule has 0 saturated carbocycles. The van der Waals surface area contributed by atoms with E-state index in [1.807, 2.05) is 0 Å². The zero-order chi connectivity index (χ0) is 12.6. The Morgan fingerprint density at radius 3 is 2.65 bits per heavy atom. The van der Waals surface area contributed by atoms with E-state index in [0.717, 1.165) is 4.90 Å². The van der Waals surface area contributed by atoms with E-state index < -0.39 is 24.1 Å². The Morgan fingerprint density at radius 1 is 1.47 bits per heavy atom. The molecule has 0 bridgehead atoms. The molecule has 1 aromatic rings. The fourth-order valence-corrected chi connectivity index (χ4v) is 2.12. The molecule has 2 rings (SSSR count). The monoisotopic (exact) mass is 235 g/mol. The third kappa shape index (κ3) is 1.68. The molecule has 1 aliphatic heterocycles. The van der Waals surface area contributed by atoms with Gasteiger partial charge in [0.1, 0.15) is 6.04 Å². The summed E-state index contributed by atoms with van der Waals surface area (Å²) in [4.78, 5) is 24.1. The summed E-state index contributed by atoms with van der Waals surface area (Å²) in [6.07, 6.45) is -0.911. The summed E-state index contributed by atoms with van der Waals surface area (Å²) < 4.78 is 0. The van der Waals surface area contributed by atoms with Crippen LogP contribution >= 0.6 is 0 Å². The minimum atomic E-state index is -1.17. The molecular weight excluding hydrogens is 222 g/mol. The first-order valence-corrected chi connectivity index (χ1v) is 5.40. The number of fused-ring (bicyclic) bond motifs is 1. The van der Waals surface area contributed by atoms with Gasteiger partial charge in [0.05, 0.1) is 0 Å². The molecule has 0 spiro atoms. The SMILES string of the molecule is CC[C@H](C(=O)O)N1C(=O)c2ccccc2[C@H]1O. The Morgan fingerprint density at radius 2 is 2.12 bits per heavy atom. The molecule has 5 nitrogen and oxygen atoms in total. The van der Waals surface area contributed by atoms with Crippen molar-refractivity contribution in [2.75, 3.05) is 0 Å². The topological polar surface area (TPSA) is 77.8 Å². The molecule has 0 fully saturated rings. The maximum Gasteiger partial charge on any atom is 0.326 e. The standard InChI is InChI=1S/C12H13NO4/c1-2-9(12(16)17)13-10(14)7-5-3-4-6-8(7)11(13)15/h3-6,9-10,14H,2H2,1H3,(H,16,17)/t9-,10-/m1/s1. The second-order valence-corrected chi connectivity index (χ2v) is 3.94. The van der Waals surface area contributed by atoms with Crippen molar-refractivity contribution in [1.29, 1.82) is 0 Å². The first-order valence-electron chi connectivity index (χ1n) is 5.40. The molecule has 0 saturated heterocycles. The molecule has 0 radical (unpaired) electrons. The maximum absolute atomic E-state index is 12.0. The predicted molar refractivity (Wildman–Crippen MR) is 59.3 cm³/mol. The zero-order valence-corrected chi connectivity index (χ0v) is 9.33. The quantitative estimate of drug-likeness (QED) is 0.819. The summed E-state index contributed by atoms with van der Waals surface area (Å²) in [5.41, 5.74) is 0.844. The number of carboxylic acid groups (broad SMARTS) is 1. The molecule has 0 aromatic heterocycles. The van der Waals surface area contributed by atoms with E-state index in [4.69, 9.17) is 5.11 Å². The predicted octanol–water partition coefficient (Wildman–Crippen LogP) is 0.997. The van der Waals surface area contributed by atoms with Crippen LogP contribution in [0.5, 0.6) is 0 Å². The first kappa shape index (κ1) is 11.6. The highest BCUT2D eigenvalue weighted by molar-refractivity contribution is 6.00. The van der Waals surface area contributed by atoms with E-state index in [1.54, 1.807) is 31.2 Å². The fraction of sp³-hybridized carbons (Fsp3) is 0.333. The highest BCUT2D eigenvalue weighted by atomic mass is 16.4. The minimum Gasteiger partial charge on any atom is -0.480 e. The van der Waals surface area contributed by atoms with Crippen LogP contribution < -0.4 is 0 Å². The van der Waals surface area contributed by atoms with Crippen molar-refractivity contribution in [3.05, 3.63) is 35.4 Å². The second-order valence-electron chi connectivity index (χ2n) is 3.94. The van der Waals surface area contributed by atoms with Crippen LogP contribution in [0.1, 0.15) is 35.5 Å². The average molecular weight is 235 g/mol. The van der Waals surface area contributed by atoms with Crippen LogP contribution in [0, 0.1) is 0 Å². The van der Waals surface area contributed by atoms with Gasteiger partial charge >= 0.3 is 5.97 Å². The number of nitrogens with zero attached hydrogens (tertiary/aromatic N) is 1. The summed E-state index contributed by atoms with van der Waals surface area (Å²) >= 11 is 0. The normalized spacial score (nSPS) is 20.2. The van der Waals surface area contributed by atoms with Crippen LogP contribution in [-0.4, -0.2) is 33.0 Å². The number of amides is 1. The number of rotatable bonds is 3. The summed E-state index contributed by atoms with van der Waals surface area (Å²) in [6, 6.07) is 5.63. The van der Waals surface area contributed by atoms with Gasteiger partial charge in [-0.2, -0.15) is 0 Å². The van der Waals surface area contributed by atoms with Crippen molar-refractivity contribution in [3.8, 4) is 0 Å². The number of hydrogen-bond acceptors (Lipinski definition) is 3. The lowest BCUT2D eigenvalue weighted by molar-refractivity contribution is -0.146. The van der Waals surface area contributed by atoms with Crippen LogP contribution in [0.4, 0.5) is 0 Å². The molecule has 0 unspecified atom stereocenters. The Kier molecular flexibility index (Phi) is 2.85. The molecule has 90 valence electrons. The maximum atomic E-state index is 12.0. The summed E-state index contributed by atoms with van der Waals surface area (Å²) in [7, 11) is 0. The number of aliphatic carboxylic acids is 1. The van der Waals surface area contributed by atoms with Crippen molar-refractivity contribution in [2.45, 2.75) is 25.6 Å². The molecule has 1 aromatic carbocycles. The van der Waals surface area contributed by atoms with Crippen molar-refractivity contribution >= 4 is 11.9 Å². The highest BCUT2D eigenvalue weighted by Crippen LogP contribution is 2.33. The Hall–Kier alpha value is -1.88. The number of aliphatic hydroxyl groups is 1. The Labute approximate surface area is 98.3 Å². The van der Waals surface area contributed by atoms with Gasteiger partial charge in [0.15, 0.2) is 6.23 Å². The van der Waals surface area contributed by atoms with E-state index in [1.165, 1.54) is 0 Å². The van der Waals surface area contributed by atoms with Gasteiger partial charge in [0.25, 0.3) is 5.91 Å². The number of benzene rings is 1. The van der Waals surface area contributed by atoms with E-state index in [0.29, 0.717) is 11.1 Å². The van der Waals surface area contributed by atoms with Crippen LogP contribution in [0.15, 0.2) is 24.3 Å². The lowest BCUT2D eigenvalue weighted by Crippen LogP contribution is -2.43. The van der Waals surface area contributed by atoms with E-state index in [9.17, 15) is 14.7 Å². The van der Waals surface area contributed by atoms with Crippen LogP contribution in [-0.2, 0) is 4.79 Å². The van der Waals surface area contributed by atoms with Crippen LogP contribution in [0.25, 0.3) is 0 Å². The van der Waals surface area contributed by atoms with Crippen molar-refractivity contribution in [3.63, 3.8) is 0 Å². The number of carbonyl (C=O) groups excluding carboxylic acids is 1. The smallest absolute Gasteiger partial charge is 0.326 e. The molecule has 2 N–H and O–H groups in total. The van der Waals surface area contributed by atoms with E-state index in [2.05, 4.69) is 0 Å². The van der Waals surface area contributed by atoms with Gasteiger partial charge in [-0.25, -0.2) is 4.79 Å². The van der Waals surface area contributed by atoms with E-state index in [-0.39, 0.29) is 6.42 Å². The lowest BCUT2D eigenvalue weighted by atomic mass is 10.1. The second kappa shape index (κ2) is 4.18. The van der Waals surface area contributed by atoms with Gasteiger partial charge in [0.2, 0.25) is 0 Å². The fourth-order valence-electron chi connectivity index (χ4n) is 2.12. The number of aliphatic hydroxyl groups excluding tert-OH is 1. The molecule has 2 atom stereocenters. The molecule has 1 amide bonds. The largest absolute Gasteiger partial charge is 0.480 e.